The first-order valence-corrected chi connectivity index (χ1v) is 8.61. The minimum absolute atomic E-state index is 0. The average Bonchev–Trinajstić information content (AvgIpc) is 3.05. The monoisotopic (exact) mass is 367 g/mol. The van der Waals surface area contributed by atoms with Crippen molar-refractivity contribution in [3.8, 4) is 0 Å². The van der Waals surface area contributed by atoms with E-state index in [2.05, 4.69) is 20.9 Å². The van der Waals surface area contributed by atoms with Crippen molar-refractivity contribution in [2.24, 2.45) is 0 Å². The molecule has 2 aliphatic heterocycles. The Morgan fingerprint density at radius 2 is 1.80 bits per heavy atom. The van der Waals surface area contributed by atoms with Crippen LogP contribution in [0.25, 0.3) is 0 Å². The molecule has 7 nitrogen and oxygen atoms in total. The summed E-state index contributed by atoms with van der Waals surface area (Å²) in [4.78, 5) is 27.9. The third-order valence-electron chi connectivity index (χ3n) is 4.44. The first-order chi connectivity index (χ1) is 11.7. The van der Waals surface area contributed by atoms with Crippen molar-refractivity contribution < 1.29 is 9.59 Å². The molecule has 8 heteroatoms. The molecule has 2 saturated heterocycles. The van der Waals surface area contributed by atoms with Gasteiger partial charge in [-0.3, -0.25) is 9.69 Å². The Morgan fingerprint density at radius 1 is 1.08 bits per heavy atom. The Labute approximate surface area is 154 Å². The first-order valence-electron chi connectivity index (χ1n) is 8.61. The number of nitrogens with one attached hydrogen (secondary N) is 3. The minimum Gasteiger partial charge on any atom is -0.352 e. The fourth-order valence-electron chi connectivity index (χ4n) is 3.05. The standard InChI is InChI=1S/C17H25N5O2.ClH/c23-16(19-6-1-10-21-11-7-18-8-12-21)14-2-4-15(5-3-14)22-13-9-20-17(22)24;/h2-5,18H,1,6-13H2,(H,19,23)(H,20,24);1H. The van der Waals surface area contributed by atoms with Gasteiger partial charge in [0.1, 0.15) is 0 Å². The van der Waals surface area contributed by atoms with Gasteiger partial charge in [0.2, 0.25) is 0 Å². The van der Waals surface area contributed by atoms with Crippen LogP contribution in [0.15, 0.2) is 24.3 Å². The maximum atomic E-state index is 12.2. The molecule has 0 radical (unpaired) electrons. The van der Waals surface area contributed by atoms with E-state index in [9.17, 15) is 9.59 Å². The van der Waals surface area contributed by atoms with Crippen LogP contribution < -0.4 is 20.9 Å². The molecule has 3 amide bonds. The molecule has 138 valence electrons. The molecular formula is C17H26ClN5O2. The van der Waals surface area contributed by atoms with Crippen molar-refractivity contribution >= 4 is 30.0 Å². The summed E-state index contributed by atoms with van der Waals surface area (Å²) in [5.41, 5.74) is 1.45. The maximum absolute atomic E-state index is 12.2. The van der Waals surface area contributed by atoms with Gasteiger partial charge < -0.3 is 20.9 Å². The van der Waals surface area contributed by atoms with Crippen LogP contribution in [-0.4, -0.2) is 69.2 Å². The number of benzene rings is 1. The van der Waals surface area contributed by atoms with Gasteiger partial charge in [-0.2, -0.15) is 0 Å². The van der Waals surface area contributed by atoms with Crippen molar-refractivity contribution in [2.45, 2.75) is 6.42 Å². The number of anilines is 1. The lowest BCUT2D eigenvalue weighted by Gasteiger charge is -2.27. The Hall–Kier alpha value is -1.83. The number of urea groups is 1. The molecule has 0 aliphatic carbocycles. The van der Waals surface area contributed by atoms with Crippen LogP contribution in [0.2, 0.25) is 0 Å². The van der Waals surface area contributed by atoms with E-state index in [1.165, 1.54) is 0 Å². The van der Waals surface area contributed by atoms with Crippen molar-refractivity contribution in [3.63, 3.8) is 0 Å². The summed E-state index contributed by atoms with van der Waals surface area (Å²) in [7, 11) is 0. The minimum atomic E-state index is -0.0832. The lowest BCUT2D eigenvalue weighted by molar-refractivity contribution is 0.0951. The number of halogens is 1. The van der Waals surface area contributed by atoms with E-state index in [1.54, 1.807) is 17.0 Å². The Kier molecular flexibility index (Phi) is 7.49. The van der Waals surface area contributed by atoms with Crippen LogP contribution in [0.1, 0.15) is 16.8 Å². The molecule has 0 bridgehead atoms. The largest absolute Gasteiger partial charge is 0.352 e. The van der Waals surface area contributed by atoms with Gasteiger partial charge in [0.25, 0.3) is 5.91 Å². The second kappa shape index (κ2) is 9.60. The van der Waals surface area contributed by atoms with Gasteiger partial charge in [-0.15, -0.1) is 12.4 Å². The third kappa shape index (κ3) is 5.32. The molecule has 0 atom stereocenters. The van der Waals surface area contributed by atoms with E-state index in [-0.39, 0.29) is 24.3 Å². The maximum Gasteiger partial charge on any atom is 0.321 e. The highest BCUT2D eigenvalue weighted by Gasteiger charge is 2.21. The molecule has 2 fully saturated rings. The van der Waals surface area contributed by atoms with Gasteiger partial charge in [-0.1, -0.05) is 0 Å². The van der Waals surface area contributed by atoms with Crippen LogP contribution in [0.3, 0.4) is 0 Å². The molecule has 3 N–H and O–H groups in total. The normalized spacial score (nSPS) is 17.8. The van der Waals surface area contributed by atoms with E-state index >= 15 is 0 Å². The van der Waals surface area contributed by atoms with E-state index in [1.807, 2.05) is 12.1 Å². The number of amides is 3. The fraction of sp³-hybridized carbons (Fsp3) is 0.529. The van der Waals surface area contributed by atoms with Crippen LogP contribution in [0.4, 0.5) is 10.5 Å². The Balaban J connectivity index is 0.00000225. The third-order valence-corrected chi connectivity index (χ3v) is 4.44. The Bertz CT molecular complexity index is 575. The number of carbonyl (C=O) groups is 2. The number of hydrogen-bond donors (Lipinski definition) is 3. The quantitative estimate of drug-likeness (QED) is 0.646. The van der Waals surface area contributed by atoms with Crippen molar-refractivity contribution in [3.05, 3.63) is 29.8 Å². The van der Waals surface area contributed by atoms with E-state index in [4.69, 9.17) is 0 Å². The van der Waals surface area contributed by atoms with E-state index < -0.39 is 0 Å². The molecule has 0 saturated carbocycles. The molecular weight excluding hydrogens is 342 g/mol. The van der Waals surface area contributed by atoms with Gasteiger partial charge in [0, 0.05) is 57.1 Å². The van der Waals surface area contributed by atoms with Gasteiger partial charge in [-0.05, 0) is 37.2 Å². The van der Waals surface area contributed by atoms with Crippen LogP contribution in [-0.2, 0) is 0 Å². The molecule has 0 aromatic heterocycles. The SMILES string of the molecule is Cl.O=C(NCCCN1CCNCC1)c1ccc(N2CCNC2=O)cc1. The highest BCUT2D eigenvalue weighted by atomic mass is 35.5. The zero-order chi connectivity index (χ0) is 16.8. The van der Waals surface area contributed by atoms with E-state index in [0.717, 1.165) is 44.8 Å². The molecule has 0 unspecified atom stereocenters. The number of carbonyl (C=O) groups excluding carboxylic acids is 2. The summed E-state index contributed by atoms with van der Waals surface area (Å²) in [6, 6.07) is 7.10. The van der Waals surface area contributed by atoms with Gasteiger partial charge in [0.05, 0.1) is 0 Å². The average molecular weight is 368 g/mol. The summed E-state index contributed by atoms with van der Waals surface area (Å²) >= 11 is 0. The zero-order valence-electron chi connectivity index (χ0n) is 14.3. The van der Waals surface area contributed by atoms with E-state index in [0.29, 0.717) is 25.2 Å². The summed E-state index contributed by atoms with van der Waals surface area (Å²) in [6.07, 6.45) is 0.956. The second-order valence-electron chi connectivity index (χ2n) is 6.13. The van der Waals surface area contributed by atoms with Gasteiger partial charge in [0.15, 0.2) is 0 Å². The summed E-state index contributed by atoms with van der Waals surface area (Å²) in [5, 5.41) is 9.06. The molecule has 1 aromatic carbocycles. The number of nitrogens with zero attached hydrogens (tertiary/aromatic N) is 2. The number of hydrogen-bond acceptors (Lipinski definition) is 4. The predicted molar refractivity (Wildman–Crippen MR) is 101 cm³/mol. The Morgan fingerprint density at radius 3 is 2.44 bits per heavy atom. The first kappa shape index (κ1) is 19.5. The summed E-state index contributed by atoms with van der Waals surface area (Å²) < 4.78 is 0. The number of rotatable bonds is 6. The molecule has 0 spiro atoms. The lowest BCUT2D eigenvalue weighted by Crippen LogP contribution is -2.44. The number of piperazine rings is 1. The van der Waals surface area contributed by atoms with Crippen molar-refractivity contribution in [2.75, 3.05) is 57.3 Å². The van der Waals surface area contributed by atoms with Crippen LogP contribution in [0.5, 0.6) is 0 Å². The smallest absolute Gasteiger partial charge is 0.321 e. The topological polar surface area (TPSA) is 76.7 Å². The van der Waals surface area contributed by atoms with Crippen molar-refractivity contribution in [1.82, 2.24) is 20.9 Å². The highest BCUT2D eigenvalue weighted by Crippen LogP contribution is 2.17. The fourth-order valence-corrected chi connectivity index (χ4v) is 3.05. The molecule has 25 heavy (non-hydrogen) atoms. The molecule has 2 aliphatic rings. The molecule has 2 heterocycles. The van der Waals surface area contributed by atoms with Crippen LogP contribution >= 0.6 is 12.4 Å². The summed E-state index contributed by atoms with van der Waals surface area (Å²) in [6.45, 7) is 7.29. The lowest BCUT2D eigenvalue weighted by atomic mass is 10.2. The molecule has 1 aromatic rings. The van der Waals surface area contributed by atoms with Gasteiger partial charge in [-0.25, -0.2) is 4.79 Å². The predicted octanol–water partition coefficient (Wildman–Crippen LogP) is 0.663. The summed E-state index contributed by atoms with van der Waals surface area (Å²) in [5.74, 6) is -0.0623. The second-order valence-corrected chi connectivity index (χ2v) is 6.13. The molecule has 3 rings (SSSR count). The van der Waals surface area contributed by atoms with Crippen LogP contribution in [0, 0.1) is 0 Å². The van der Waals surface area contributed by atoms with Crippen molar-refractivity contribution in [1.29, 1.82) is 0 Å². The highest BCUT2D eigenvalue weighted by molar-refractivity contribution is 5.96. The zero-order valence-corrected chi connectivity index (χ0v) is 15.1. The van der Waals surface area contributed by atoms with Gasteiger partial charge >= 0.3 is 6.03 Å².